The van der Waals surface area contributed by atoms with Gasteiger partial charge in [-0.2, -0.15) is 0 Å². The molecule has 0 aliphatic rings. The molecule has 1 heterocycles. The molecule has 0 saturated carbocycles. The maximum Gasteiger partial charge on any atom is 0.346 e. The van der Waals surface area contributed by atoms with Gasteiger partial charge in [0.2, 0.25) is 0 Å². The smallest absolute Gasteiger partial charge is 0.346 e. The Morgan fingerprint density at radius 3 is 2.50 bits per heavy atom. The highest BCUT2D eigenvalue weighted by Gasteiger charge is 2.14. The first-order chi connectivity index (χ1) is 13.7. The summed E-state index contributed by atoms with van der Waals surface area (Å²) in [5, 5.41) is 0.511. The Hall–Kier alpha value is -1.88. The fraction of sp³-hybridized carbons (Fsp3) is 0.609. The number of rotatable bonds is 14. The maximum absolute atomic E-state index is 14.7. The van der Waals surface area contributed by atoms with Gasteiger partial charge in [-0.25, -0.2) is 9.18 Å². The summed E-state index contributed by atoms with van der Waals surface area (Å²) in [6, 6.07) is 5.06. The van der Waals surface area contributed by atoms with Crippen molar-refractivity contribution in [1.29, 1.82) is 0 Å². The zero-order valence-corrected chi connectivity index (χ0v) is 17.2. The predicted octanol–water partition coefficient (Wildman–Crippen LogP) is 6.03. The number of hydrogen-bond donors (Lipinski definition) is 0. The maximum atomic E-state index is 14.7. The van der Waals surface area contributed by atoms with Crippen molar-refractivity contribution in [3.05, 3.63) is 40.2 Å². The van der Waals surface area contributed by atoms with Crippen molar-refractivity contribution in [2.75, 3.05) is 19.8 Å². The lowest BCUT2D eigenvalue weighted by molar-refractivity contribution is 0.131. The lowest BCUT2D eigenvalue weighted by Gasteiger charge is -2.09. The second-order valence-corrected chi connectivity index (χ2v) is 7.17. The average molecular weight is 393 g/mol. The largest absolute Gasteiger partial charge is 0.490 e. The predicted molar refractivity (Wildman–Crippen MR) is 111 cm³/mol. The van der Waals surface area contributed by atoms with E-state index in [0.717, 1.165) is 32.3 Å². The summed E-state index contributed by atoms with van der Waals surface area (Å²) in [4.78, 5) is 12.3. The summed E-state index contributed by atoms with van der Waals surface area (Å²) in [6.45, 7) is 6.05. The lowest BCUT2D eigenvalue weighted by Crippen LogP contribution is -2.07. The summed E-state index contributed by atoms with van der Waals surface area (Å²) >= 11 is 0. The topological polar surface area (TPSA) is 48.7 Å². The molecule has 1 aromatic carbocycles. The lowest BCUT2D eigenvalue weighted by atomic mass is 10.1. The molecule has 0 spiro atoms. The zero-order valence-electron chi connectivity index (χ0n) is 17.2. The first kappa shape index (κ1) is 22.4. The van der Waals surface area contributed by atoms with Gasteiger partial charge in [0, 0.05) is 19.6 Å². The molecule has 0 saturated heterocycles. The molecule has 0 amide bonds. The van der Waals surface area contributed by atoms with Crippen molar-refractivity contribution in [1.82, 2.24) is 0 Å². The van der Waals surface area contributed by atoms with Gasteiger partial charge in [0.15, 0.2) is 11.6 Å². The molecule has 5 heteroatoms. The van der Waals surface area contributed by atoms with E-state index in [2.05, 4.69) is 13.8 Å². The van der Waals surface area contributed by atoms with Gasteiger partial charge in [0.1, 0.15) is 11.1 Å². The minimum Gasteiger partial charge on any atom is -0.490 e. The average Bonchev–Trinajstić information content (AvgIpc) is 2.68. The number of ether oxygens (including phenoxy) is 2. The Labute approximate surface area is 167 Å². The fourth-order valence-corrected chi connectivity index (χ4v) is 3.17. The van der Waals surface area contributed by atoms with E-state index >= 15 is 0 Å². The number of hydrogen-bond acceptors (Lipinski definition) is 4. The normalized spacial score (nSPS) is 11.2. The molecule has 0 aliphatic heterocycles. The van der Waals surface area contributed by atoms with Crippen LogP contribution in [0.1, 0.15) is 71.0 Å². The van der Waals surface area contributed by atoms with E-state index in [-0.39, 0.29) is 11.1 Å². The minimum absolute atomic E-state index is 0.0357. The molecule has 156 valence electrons. The summed E-state index contributed by atoms with van der Waals surface area (Å²) in [7, 11) is 0. The molecular weight excluding hydrogens is 359 g/mol. The molecular formula is C23H33FO4. The highest BCUT2D eigenvalue weighted by Crippen LogP contribution is 2.25. The molecule has 0 fully saturated rings. The van der Waals surface area contributed by atoms with Crippen LogP contribution in [0.25, 0.3) is 10.8 Å². The van der Waals surface area contributed by atoms with Crippen LogP contribution in [0.2, 0.25) is 0 Å². The molecule has 1 aromatic heterocycles. The van der Waals surface area contributed by atoms with E-state index < -0.39 is 11.4 Å². The molecule has 0 N–H and O–H groups in total. The van der Waals surface area contributed by atoms with E-state index in [0.29, 0.717) is 30.8 Å². The van der Waals surface area contributed by atoms with E-state index in [4.69, 9.17) is 13.9 Å². The van der Waals surface area contributed by atoms with Crippen LogP contribution in [0.3, 0.4) is 0 Å². The van der Waals surface area contributed by atoms with Crippen molar-refractivity contribution in [3.8, 4) is 5.75 Å². The summed E-state index contributed by atoms with van der Waals surface area (Å²) in [5.74, 6) is 0.0434. The third-order valence-electron chi connectivity index (χ3n) is 4.70. The highest BCUT2D eigenvalue weighted by molar-refractivity contribution is 5.83. The molecule has 0 unspecified atom stereocenters. The van der Waals surface area contributed by atoms with Crippen LogP contribution >= 0.6 is 0 Å². The van der Waals surface area contributed by atoms with Crippen molar-refractivity contribution in [2.45, 2.75) is 71.6 Å². The molecule has 0 radical (unpaired) electrons. The Morgan fingerprint density at radius 1 is 0.929 bits per heavy atom. The second-order valence-electron chi connectivity index (χ2n) is 7.17. The van der Waals surface area contributed by atoms with Gasteiger partial charge in [-0.3, -0.25) is 0 Å². The van der Waals surface area contributed by atoms with Crippen molar-refractivity contribution in [3.63, 3.8) is 0 Å². The highest BCUT2D eigenvalue weighted by atomic mass is 19.1. The van der Waals surface area contributed by atoms with E-state index in [1.807, 2.05) is 0 Å². The number of benzene rings is 1. The van der Waals surface area contributed by atoms with E-state index in [9.17, 15) is 9.18 Å². The van der Waals surface area contributed by atoms with Crippen LogP contribution in [-0.2, 0) is 11.2 Å². The first-order valence-electron chi connectivity index (χ1n) is 10.6. The molecule has 0 bridgehead atoms. The number of aryl methyl sites for hydroxylation is 1. The summed E-state index contributed by atoms with van der Waals surface area (Å²) < 4.78 is 31.0. The van der Waals surface area contributed by atoms with Gasteiger partial charge in [-0.15, -0.1) is 0 Å². The molecule has 4 nitrogen and oxygen atoms in total. The minimum atomic E-state index is -0.649. The Kier molecular flexibility index (Phi) is 10.0. The first-order valence-corrected chi connectivity index (χ1v) is 10.6. The Bertz CT molecular complexity index is 769. The summed E-state index contributed by atoms with van der Waals surface area (Å²) in [5.41, 5.74) is -0.649. The molecule has 28 heavy (non-hydrogen) atoms. The van der Waals surface area contributed by atoms with E-state index in [1.54, 1.807) is 18.2 Å². The number of fused-ring (bicyclic) bond motifs is 1. The zero-order chi connectivity index (χ0) is 20.2. The summed E-state index contributed by atoms with van der Waals surface area (Å²) in [6.07, 6.45) is 9.16. The van der Waals surface area contributed by atoms with Gasteiger partial charge in [0.05, 0.1) is 6.61 Å². The second kappa shape index (κ2) is 12.6. The van der Waals surface area contributed by atoms with Crippen LogP contribution in [0, 0.1) is 5.82 Å². The van der Waals surface area contributed by atoms with Crippen LogP contribution < -0.4 is 10.4 Å². The number of unbranched alkanes of at least 4 members (excludes halogenated alkanes) is 5. The van der Waals surface area contributed by atoms with Crippen LogP contribution in [0.15, 0.2) is 27.4 Å². The third-order valence-corrected chi connectivity index (χ3v) is 4.70. The van der Waals surface area contributed by atoms with Crippen LogP contribution in [0.5, 0.6) is 5.75 Å². The Morgan fingerprint density at radius 2 is 1.71 bits per heavy atom. The van der Waals surface area contributed by atoms with Gasteiger partial charge in [-0.05, 0) is 36.8 Å². The van der Waals surface area contributed by atoms with Crippen LogP contribution in [-0.4, -0.2) is 19.8 Å². The van der Waals surface area contributed by atoms with Crippen molar-refractivity contribution < 1.29 is 18.3 Å². The Balaban J connectivity index is 1.94. The number of halogens is 1. The fourth-order valence-electron chi connectivity index (χ4n) is 3.17. The van der Waals surface area contributed by atoms with Gasteiger partial charge in [0.25, 0.3) is 0 Å². The quantitative estimate of drug-likeness (QED) is 0.368. The van der Waals surface area contributed by atoms with Gasteiger partial charge in [-0.1, -0.05) is 52.0 Å². The van der Waals surface area contributed by atoms with Crippen molar-refractivity contribution >= 4 is 10.8 Å². The molecule has 2 aromatic rings. The van der Waals surface area contributed by atoms with Gasteiger partial charge < -0.3 is 13.9 Å². The van der Waals surface area contributed by atoms with Crippen molar-refractivity contribution in [2.24, 2.45) is 0 Å². The monoisotopic (exact) mass is 392 g/mol. The van der Waals surface area contributed by atoms with E-state index in [1.165, 1.54) is 25.7 Å². The van der Waals surface area contributed by atoms with Gasteiger partial charge >= 0.3 is 5.63 Å². The SMILES string of the molecule is CCCCCCCCOc1ccc2cc(CCCOCCC)oc(=O)c2c1F. The standard InChI is InChI=1S/C23H33FO4/c1-3-5-6-7-8-9-16-27-20-13-12-18-17-19(11-10-15-26-14-4-2)28-23(25)21(18)22(20)24/h12-13,17H,3-11,14-16H2,1-2H3. The molecule has 2 rings (SSSR count). The molecule has 0 atom stereocenters. The van der Waals surface area contributed by atoms with Crippen LogP contribution in [0.4, 0.5) is 4.39 Å². The molecule has 0 aliphatic carbocycles. The third kappa shape index (κ3) is 6.93.